The predicted octanol–water partition coefficient (Wildman–Crippen LogP) is 5.83. The Morgan fingerprint density at radius 1 is 0.829 bits per heavy atom. The maximum absolute atomic E-state index is 12.3. The number of ether oxygens (including phenoxy) is 1. The van der Waals surface area contributed by atoms with E-state index in [-0.39, 0.29) is 25.7 Å². The summed E-state index contributed by atoms with van der Waals surface area (Å²) < 4.78 is 29.0. The van der Waals surface area contributed by atoms with Crippen LogP contribution in [0, 0.1) is 0 Å². The number of amides is 1. The topological polar surface area (TPSA) is 94.1 Å². The molecule has 8 nitrogen and oxygen atoms in total. The third-order valence-electron chi connectivity index (χ3n) is 5.83. The van der Waals surface area contributed by atoms with Crippen LogP contribution in [0.25, 0.3) is 0 Å². The molecule has 0 fully saturated rings. The maximum Gasteiger partial charge on any atom is 0.472 e. The zero-order chi connectivity index (χ0) is 26.4. The Bertz CT molecular complexity index is 556. The first-order valence-corrected chi connectivity index (χ1v) is 15.4. The third-order valence-corrected chi connectivity index (χ3v) is 6.81. The summed E-state index contributed by atoms with van der Waals surface area (Å²) >= 11 is 0. The summed E-state index contributed by atoms with van der Waals surface area (Å²) in [6, 6.07) is 0. The molecule has 2 N–H and O–H groups in total. The number of unbranched alkanes of at least 4 members (excludes halogenated alkanes) is 11. The number of rotatable bonds is 25. The van der Waals surface area contributed by atoms with E-state index in [1.54, 1.807) is 0 Å². The molecule has 1 amide bonds. The first-order valence-electron chi connectivity index (χ1n) is 13.9. The van der Waals surface area contributed by atoms with E-state index in [2.05, 4.69) is 19.2 Å². The van der Waals surface area contributed by atoms with Gasteiger partial charge in [-0.1, -0.05) is 84.5 Å². The van der Waals surface area contributed by atoms with E-state index >= 15 is 0 Å². The van der Waals surface area contributed by atoms with Gasteiger partial charge >= 0.3 is 7.82 Å². The number of hydrogen-bond donors (Lipinski definition) is 2. The normalized spacial score (nSPS) is 14.6. The SMILES string of the molecule is CCCCCCCCCCCC(=O)NCC(COP(=O)(O)OCC[N+](C)(C)C)OCCCCCC. The van der Waals surface area contributed by atoms with Gasteiger partial charge in [0.05, 0.1) is 33.9 Å². The molecule has 0 aliphatic rings. The minimum Gasteiger partial charge on any atom is -0.374 e. The molecule has 0 spiro atoms. The molecule has 9 heteroatoms. The molecule has 0 bridgehead atoms. The Morgan fingerprint density at radius 2 is 1.37 bits per heavy atom. The summed E-state index contributed by atoms with van der Waals surface area (Å²) in [7, 11) is 1.77. The number of likely N-dealkylation sites (N-methyl/N-ethyl adjacent to an activating group) is 1. The molecule has 0 aromatic heterocycles. The van der Waals surface area contributed by atoms with Crippen molar-refractivity contribution in [2.45, 2.75) is 110 Å². The Hall–Kier alpha value is -0.500. The van der Waals surface area contributed by atoms with Crippen molar-refractivity contribution < 1.29 is 32.5 Å². The van der Waals surface area contributed by atoms with Gasteiger partial charge in [-0.15, -0.1) is 0 Å². The highest BCUT2D eigenvalue weighted by Crippen LogP contribution is 2.43. The molecule has 0 radical (unpaired) electrons. The highest BCUT2D eigenvalue weighted by atomic mass is 31.2. The van der Waals surface area contributed by atoms with Gasteiger partial charge in [0.1, 0.15) is 13.2 Å². The predicted molar refractivity (Wildman–Crippen MR) is 143 cm³/mol. The Balaban J connectivity index is 4.28. The Morgan fingerprint density at radius 3 is 1.94 bits per heavy atom. The van der Waals surface area contributed by atoms with Crippen LogP contribution >= 0.6 is 7.82 Å². The van der Waals surface area contributed by atoms with Gasteiger partial charge in [0.15, 0.2) is 0 Å². The van der Waals surface area contributed by atoms with Gasteiger partial charge in [0.25, 0.3) is 0 Å². The molecule has 0 heterocycles. The van der Waals surface area contributed by atoms with E-state index in [1.165, 1.54) is 44.9 Å². The fourth-order valence-corrected chi connectivity index (χ4v) is 4.24. The summed E-state index contributed by atoms with van der Waals surface area (Å²) in [6.45, 7) is 5.76. The monoisotopic (exact) mass is 523 g/mol. The van der Waals surface area contributed by atoms with E-state index in [0.717, 1.165) is 38.5 Å². The molecule has 0 aliphatic heterocycles. The van der Waals surface area contributed by atoms with Gasteiger partial charge < -0.3 is 19.4 Å². The van der Waals surface area contributed by atoms with Crippen LogP contribution in [-0.4, -0.2) is 75.4 Å². The first kappa shape index (κ1) is 34.5. The van der Waals surface area contributed by atoms with E-state index in [0.29, 0.717) is 24.1 Å². The van der Waals surface area contributed by atoms with Crippen LogP contribution in [-0.2, 0) is 23.1 Å². The van der Waals surface area contributed by atoms with Crippen molar-refractivity contribution in [1.82, 2.24) is 5.32 Å². The van der Waals surface area contributed by atoms with Crippen LogP contribution in [0.1, 0.15) is 104 Å². The van der Waals surface area contributed by atoms with Gasteiger partial charge in [-0.3, -0.25) is 13.8 Å². The van der Waals surface area contributed by atoms with Crippen LogP contribution in [0.3, 0.4) is 0 Å². The van der Waals surface area contributed by atoms with Gasteiger partial charge in [0, 0.05) is 19.6 Å². The van der Waals surface area contributed by atoms with Gasteiger partial charge in [-0.2, -0.15) is 0 Å². The number of carbonyl (C=O) groups excluding carboxylic acids is 1. The highest BCUT2D eigenvalue weighted by Gasteiger charge is 2.25. The molecule has 0 aliphatic carbocycles. The smallest absolute Gasteiger partial charge is 0.374 e. The lowest BCUT2D eigenvalue weighted by Gasteiger charge is -2.24. The molecule has 2 unspecified atom stereocenters. The van der Waals surface area contributed by atoms with Crippen LogP contribution < -0.4 is 5.32 Å². The van der Waals surface area contributed by atoms with Crippen LogP contribution in [0.15, 0.2) is 0 Å². The maximum atomic E-state index is 12.3. The average Bonchev–Trinajstić information content (AvgIpc) is 2.78. The lowest BCUT2D eigenvalue weighted by molar-refractivity contribution is -0.870. The van der Waals surface area contributed by atoms with Crippen LogP contribution in [0.5, 0.6) is 0 Å². The Labute approximate surface area is 215 Å². The number of carbonyl (C=O) groups is 1. The zero-order valence-corrected chi connectivity index (χ0v) is 24.3. The van der Waals surface area contributed by atoms with Crippen molar-refractivity contribution >= 4 is 13.7 Å². The van der Waals surface area contributed by atoms with E-state index < -0.39 is 13.9 Å². The largest absolute Gasteiger partial charge is 0.472 e. The molecule has 0 saturated carbocycles. The standard InChI is InChI=1S/C26H55N2O6P/c1-6-8-10-12-13-14-15-16-17-19-26(29)27-23-25(32-21-18-11-9-7-2)24-34-35(30,31)33-22-20-28(3,4)5/h25H,6-24H2,1-5H3,(H-,27,29,30,31)/p+1. The molecule has 35 heavy (non-hydrogen) atoms. The lowest BCUT2D eigenvalue weighted by atomic mass is 10.1. The highest BCUT2D eigenvalue weighted by molar-refractivity contribution is 7.47. The second-order valence-corrected chi connectivity index (χ2v) is 12.0. The van der Waals surface area contributed by atoms with Crippen molar-refractivity contribution in [3.63, 3.8) is 0 Å². The first-order chi connectivity index (χ1) is 16.6. The molecule has 2 atom stereocenters. The minimum atomic E-state index is -4.17. The average molecular weight is 524 g/mol. The number of hydrogen-bond acceptors (Lipinski definition) is 5. The molecule has 0 aromatic rings. The number of phosphoric ester groups is 1. The second-order valence-electron chi connectivity index (χ2n) is 10.5. The van der Waals surface area contributed by atoms with Gasteiger partial charge in [0.2, 0.25) is 5.91 Å². The number of phosphoric acid groups is 1. The van der Waals surface area contributed by atoms with E-state index in [9.17, 15) is 14.3 Å². The molecular weight excluding hydrogens is 467 g/mol. The van der Waals surface area contributed by atoms with Gasteiger partial charge in [-0.25, -0.2) is 4.57 Å². The van der Waals surface area contributed by atoms with Crippen molar-refractivity contribution in [3.8, 4) is 0 Å². The molecule has 0 aromatic carbocycles. The van der Waals surface area contributed by atoms with Crippen molar-refractivity contribution in [2.75, 3.05) is 54.1 Å². The van der Waals surface area contributed by atoms with Crippen molar-refractivity contribution in [1.29, 1.82) is 0 Å². The molecular formula is C26H56N2O6P+. The summed E-state index contributed by atoms with van der Waals surface area (Å²) in [5, 5.41) is 2.90. The number of quaternary nitrogens is 1. The third kappa shape index (κ3) is 25.0. The molecule has 0 saturated heterocycles. The fourth-order valence-electron chi connectivity index (χ4n) is 3.50. The van der Waals surface area contributed by atoms with Crippen LogP contribution in [0.4, 0.5) is 0 Å². The Kier molecular flexibility index (Phi) is 21.3. The van der Waals surface area contributed by atoms with Crippen LogP contribution in [0.2, 0.25) is 0 Å². The molecule has 0 rings (SSSR count). The number of nitrogens with one attached hydrogen (secondary N) is 1. The lowest BCUT2D eigenvalue weighted by Crippen LogP contribution is -2.37. The summed E-state index contributed by atoms with van der Waals surface area (Å²) in [5.41, 5.74) is 0. The zero-order valence-electron chi connectivity index (χ0n) is 23.4. The number of nitrogens with zero attached hydrogens (tertiary/aromatic N) is 1. The van der Waals surface area contributed by atoms with E-state index in [4.69, 9.17) is 13.8 Å². The van der Waals surface area contributed by atoms with E-state index in [1.807, 2.05) is 21.1 Å². The summed E-state index contributed by atoms with van der Waals surface area (Å²) in [5.74, 6) is -0.0149. The fraction of sp³-hybridized carbons (Fsp3) is 0.962. The summed E-state index contributed by atoms with van der Waals surface area (Å²) in [6.07, 6.45) is 15.2. The van der Waals surface area contributed by atoms with Crippen molar-refractivity contribution in [3.05, 3.63) is 0 Å². The molecule has 210 valence electrons. The van der Waals surface area contributed by atoms with Crippen molar-refractivity contribution in [2.24, 2.45) is 0 Å². The second kappa shape index (κ2) is 21.6. The minimum absolute atomic E-state index is 0.0149. The summed E-state index contributed by atoms with van der Waals surface area (Å²) in [4.78, 5) is 22.3. The van der Waals surface area contributed by atoms with Gasteiger partial charge in [-0.05, 0) is 12.8 Å². The quantitative estimate of drug-likeness (QED) is 0.0888.